The highest BCUT2D eigenvalue weighted by Crippen LogP contribution is 2.33. The molecule has 19 heavy (non-hydrogen) atoms. The molecule has 0 radical (unpaired) electrons. The summed E-state index contributed by atoms with van der Waals surface area (Å²) in [5, 5.41) is 19.9. The van der Waals surface area contributed by atoms with E-state index in [1.54, 1.807) is 0 Å². The lowest BCUT2D eigenvalue weighted by Crippen LogP contribution is -2.55. The van der Waals surface area contributed by atoms with Gasteiger partial charge in [0.2, 0.25) is 10.0 Å². The fourth-order valence-corrected chi connectivity index (χ4v) is 3.49. The van der Waals surface area contributed by atoms with Crippen molar-refractivity contribution in [2.24, 2.45) is 0 Å². The first-order valence-corrected chi connectivity index (χ1v) is 7.26. The average Bonchev–Trinajstić information content (AvgIpc) is 2.34. The highest BCUT2D eigenvalue weighted by atomic mass is 32.2. The zero-order chi connectivity index (χ0) is 14.1. The minimum absolute atomic E-state index is 0.165. The van der Waals surface area contributed by atoms with E-state index in [0.29, 0.717) is 12.8 Å². The van der Waals surface area contributed by atoms with Gasteiger partial charge in [-0.05, 0) is 25.3 Å². The van der Waals surface area contributed by atoms with E-state index >= 15 is 0 Å². The van der Waals surface area contributed by atoms with Crippen LogP contribution in [0.25, 0.3) is 0 Å². The first-order chi connectivity index (χ1) is 8.88. The zero-order valence-corrected chi connectivity index (χ0v) is 10.9. The summed E-state index contributed by atoms with van der Waals surface area (Å²) in [6, 6.07) is 4.84. The number of nitrogens with one attached hydrogen (secondary N) is 1. The lowest BCUT2D eigenvalue weighted by atomic mass is 9.78. The molecule has 0 saturated heterocycles. The fourth-order valence-electron chi connectivity index (χ4n) is 2.00. The summed E-state index contributed by atoms with van der Waals surface area (Å²) in [5.74, 6) is 0. The maximum atomic E-state index is 12.1. The Bertz CT molecular complexity index is 589. The maximum absolute atomic E-state index is 12.1. The Morgan fingerprint density at radius 3 is 2.58 bits per heavy atom. The van der Waals surface area contributed by atoms with Crippen molar-refractivity contribution in [3.05, 3.63) is 34.4 Å². The van der Waals surface area contributed by atoms with Gasteiger partial charge in [-0.3, -0.25) is 10.1 Å². The number of non-ortho nitro benzene ring substituents is 1. The Labute approximate surface area is 110 Å². The van der Waals surface area contributed by atoms with Gasteiger partial charge in [0.05, 0.1) is 22.0 Å². The van der Waals surface area contributed by atoms with Gasteiger partial charge in [-0.25, -0.2) is 13.1 Å². The SMILES string of the molecule is O=[N+]([O-])c1cccc(S(=O)(=O)NC2(CO)CCC2)c1. The number of nitro benzene ring substituents is 1. The highest BCUT2D eigenvalue weighted by molar-refractivity contribution is 7.89. The predicted molar refractivity (Wildman–Crippen MR) is 67.1 cm³/mol. The Balaban J connectivity index is 2.29. The third kappa shape index (κ3) is 2.75. The van der Waals surface area contributed by atoms with Crippen LogP contribution in [0.1, 0.15) is 19.3 Å². The van der Waals surface area contributed by atoms with Gasteiger partial charge in [0.1, 0.15) is 0 Å². The van der Waals surface area contributed by atoms with Gasteiger partial charge in [0.15, 0.2) is 0 Å². The molecule has 0 unspecified atom stereocenters. The van der Waals surface area contributed by atoms with Crippen molar-refractivity contribution in [3.8, 4) is 0 Å². The molecule has 0 amide bonds. The summed E-state index contributed by atoms with van der Waals surface area (Å²) in [5.41, 5.74) is -1.10. The average molecular weight is 286 g/mol. The summed E-state index contributed by atoms with van der Waals surface area (Å²) in [6.07, 6.45) is 1.98. The van der Waals surface area contributed by atoms with Crippen molar-refractivity contribution in [2.45, 2.75) is 29.7 Å². The van der Waals surface area contributed by atoms with Crippen molar-refractivity contribution in [3.63, 3.8) is 0 Å². The standard InChI is InChI=1S/C11H14N2O5S/c14-8-11(5-2-6-11)12-19(17,18)10-4-1-3-9(7-10)13(15)16/h1,3-4,7,12,14H,2,5-6,8H2. The number of hydrogen-bond acceptors (Lipinski definition) is 5. The molecule has 2 rings (SSSR count). The number of nitro groups is 1. The molecule has 0 heterocycles. The van der Waals surface area contributed by atoms with Crippen molar-refractivity contribution < 1.29 is 18.4 Å². The number of sulfonamides is 1. The summed E-state index contributed by atoms with van der Waals surface area (Å²) >= 11 is 0. The monoisotopic (exact) mass is 286 g/mol. The molecule has 1 aromatic rings. The highest BCUT2D eigenvalue weighted by Gasteiger charge is 2.40. The summed E-state index contributed by atoms with van der Waals surface area (Å²) < 4.78 is 26.7. The Hall–Kier alpha value is -1.51. The van der Waals surface area contributed by atoms with E-state index < -0.39 is 20.5 Å². The molecule has 0 spiro atoms. The Morgan fingerprint density at radius 1 is 1.42 bits per heavy atom. The molecule has 104 valence electrons. The minimum atomic E-state index is -3.86. The molecule has 0 atom stereocenters. The second-order valence-electron chi connectivity index (χ2n) is 4.65. The minimum Gasteiger partial charge on any atom is -0.394 e. The fraction of sp³-hybridized carbons (Fsp3) is 0.455. The predicted octanol–water partition coefficient (Wildman–Crippen LogP) is 0.788. The van der Waals surface area contributed by atoms with Crippen molar-refractivity contribution >= 4 is 15.7 Å². The number of rotatable bonds is 5. The van der Waals surface area contributed by atoms with Crippen LogP contribution >= 0.6 is 0 Å². The van der Waals surface area contributed by atoms with Crippen LogP contribution in [-0.2, 0) is 10.0 Å². The van der Waals surface area contributed by atoms with E-state index in [0.717, 1.165) is 12.5 Å². The van der Waals surface area contributed by atoms with Gasteiger partial charge >= 0.3 is 0 Å². The van der Waals surface area contributed by atoms with E-state index in [9.17, 15) is 23.6 Å². The molecule has 1 aromatic carbocycles. The molecule has 1 aliphatic carbocycles. The molecule has 1 aliphatic rings. The molecular weight excluding hydrogens is 272 g/mol. The molecule has 7 nitrogen and oxygen atoms in total. The van der Waals surface area contributed by atoms with Crippen LogP contribution in [0.15, 0.2) is 29.2 Å². The zero-order valence-electron chi connectivity index (χ0n) is 10.1. The van der Waals surface area contributed by atoms with Crippen LogP contribution in [0.3, 0.4) is 0 Å². The molecule has 8 heteroatoms. The van der Waals surface area contributed by atoms with Gasteiger partial charge in [-0.1, -0.05) is 6.07 Å². The third-order valence-electron chi connectivity index (χ3n) is 3.30. The third-order valence-corrected chi connectivity index (χ3v) is 4.88. The summed E-state index contributed by atoms with van der Waals surface area (Å²) in [7, 11) is -3.86. The number of hydrogen-bond donors (Lipinski definition) is 2. The molecule has 0 aliphatic heterocycles. The number of benzene rings is 1. The first-order valence-electron chi connectivity index (χ1n) is 5.78. The lowest BCUT2D eigenvalue weighted by molar-refractivity contribution is -0.385. The van der Waals surface area contributed by atoms with Gasteiger partial charge < -0.3 is 5.11 Å². The largest absolute Gasteiger partial charge is 0.394 e. The normalized spacial score (nSPS) is 17.7. The molecular formula is C11H14N2O5S. The Morgan fingerprint density at radius 2 is 2.11 bits per heavy atom. The van der Waals surface area contributed by atoms with Crippen molar-refractivity contribution in [2.75, 3.05) is 6.61 Å². The van der Waals surface area contributed by atoms with E-state index in [-0.39, 0.29) is 17.2 Å². The van der Waals surface area contributed by atoms with Crippen LogP contribution in [0.5, 0.6) is 0 Å². The van der Waals surface area contributed by atoms with E-state index in [1.807, 2.05) is 0 Å². The summed E-state index contributed by atoms with van der Waals surface area (Å²) in [4.78, 5) is 9.83. The van der Waals surface area contributed by atoms with Gasteiger partial charge in [-0.2, -0.15) is 0 Å². The smallest absolute Gasteiger partial charge is 0.270 e. The summed E-state index contributed by atoms with van der Waals surface area (Å²) in [6.45, 7) is -0.277. The quantitative estimate of drug-likeness (QED) is 0.614. The van der Waals surface area contributed by atoms with Crippen molar-refractivity contribution in [1.29, 1.82) is 0 Å². The van der Waals surface area contributed by atoms with Gasteiger partial charge in [0, 0.05) is 12.1 Å². The Kier molecular flexibility index (Phi) is 3.57. The second kappa shape index (κ2) is 4.87. The van der Waals surface area contributed by atoms with Crippen LogP contribution in [-0.4, -0.2) is 30.6 Å². The number of aliphatic hydroxyl groups is 1. The van der Waals surface area contributed by atoms with Gasteiger partial charge in [-0.15, -0.1) is 0 Å². The molecule has 2 N–H and O–H groups in total. The van der Waals surface area contributed by atoms with Gasteiger partial charge in [0.25, 0.3) is 5.69 Å². The molecule has 0 aromatic heterocycles. The molecule has 0 bridgehead atoms. The second-order valence-corrected chi connectivity index (χ2v) is 6.33. The topological polar surface area (TPSA) is 110 Å². The first kappa shape index (κ1) is 13.9. The lowest BCUT2D eigenvalue weighted by Gasteiger charge is -2.40. The van der Waals surface area contributed by atoms with E-state index in [1.165, 1.54) is 18.2 Å². The maximum Gasteiger partial charge on any atom is 0.270 e. The van der Waals surface area contributed by atoms with E-state index in [4.69, 9.17) is 0 Å². The molecule has 1 fully saturated rings. The van der Waals surface area contributed by atoms with Crippen LogP contribution in [0.4, 0.5) is 5.69 Å². The molecule has 1 saturated carbocycles. The van der Waals surface area contributed by atoms with Crippen molar-refractivity contribution in [1.82, 2.24) is 4.72 Å². The number of nitrogens with zero attached hydrogens (tertiary/aromatic N) is 1. The van der Waals surface area contributed by atoms with Crippen LogP contribution < -0.4 is 4.72 Å². The van der Waals surface area contributed by atoms with Crippen LogP contribution in [0.2, 0.25) is 0 Å². The van der Waals surface area contributed by atoms with E-state index in [2.05, 4.69) is 4.72 Å². The number of aliphatic hydroxyl groups excluding tert-OH is 1. The van der Waals surface area contributed by atoms with Crippen LogP contribution in [0, 0.1) is 10.1 Å².